The van der Waals surface area contributed by atoms with Crippen molar-refractivity contribution in [2.75, 3.05) is 13.1 Å². The SMILES string of the molecule is O=C(NN=Cc1ccc(C#CCNCCc2ccccc2)c2ccccc12)c1ccc(O)c(Cl)c1. The highest BCUT2D eigenvalue weighted by Gasteiger charge is 2.08. The molecule has 0 aliphatic heterocycles. The minimum Gasteiger partial charge on any atom is -0.506 e. The standard InChI is InChI=1S/C29H24ClN3O2/c30-27-19-23(14-15-28(27)34)29(35)33-32-20-24-13-12-22(25-10-4-5-11-26(24)25)9-6-17-31-18-16-21-7-2-1-3-8-21/h1-5,7-8,10-15,19-20,31,34H,16-18H2,(H,33,35). The Morgan fingerprint density at radius 1 is 0.971 bits per heavy atom. The molecule has 1 amide bonds. The number of hydrogen-bond donors (Lipinski definition) is 3. The molecule has 0 aliphatic rings. The third-order valence-corrected chi connectivity index (χ3v) is 5.71. The number of rotatable bonds is 7. The van der Waals surface area contributed by atoms with E-state index in [0.29, 0.717) is 12.1 Å². The van der Waals surface area contributed by atoms with E-state index < -0.39 is 5.91 Å². The van der Waals surface area contributed by atoms with E-state index in [1.165, 1.54) is 23.8 Å². The molecule has 4 aromatic rings. The Morgan fingerprint density at radius 3 is 2.54 bits per heavy atom. The predicted octanol–water partition coefficient (Wildman–Crippen LogP) is 5.15. The Kier molecular flexibility index (Phi) is 8.13. The molecule has 0 radical (unpaired) electrons. The van der Waals surface area contributed by atoms with E-state index in [0.717, 1.165) is 34.9 Å². The van der Waals surface area contributed by atoms with Crippen molar-refractivity contribution in [3.05, 3.63) is 112 Å². The van der Waals surface area contributed by atoms with Crippen LogP contribution in [0.1, 0.15) is 27.0 Å². The van der Waals surface area contributed by atoms with Gasteiger partial charge in [0.15, 0.2) is 0 Å². The smallest absolute Gasteiger partial charge is 0.271 e. The number of benzene rings is 4. The highest BCUT2D eigenvalue weighted by atomic mass is 35.5. The summed E-state index contributed by atoms with van der Waals surface area (Å²) in [6.45, 7) is 1.48. The summed E-state index contributed by atoms with van der Waals surface area (Å²) in [6.07, 6.45) is 2.57. The monoisotopic (exact) mass is 481 g/mol. The number of nitrogens with one attached hydrogen (secondary N) is 2. The van der Waals surface area contributed by atoms with Crippen LogP contribution in [-0.2, 0) is 6.42 Å². The van der Waals surface area contributed by atoms with Crippen LogP contribution < -0.4 is 10.7 Å². The zero-order valence-electron chi connectivity index (χ0n) is 19.0. The van der Waals surface area contributed by atoms with Crippen molar-refractivity contribution in [1.29, 1.82) is 0 Å². The topological polar surface area (TPSA) is 73.7 Å². The second kappa shape index (κ2) is 11.8. The lowest BCUT2D eigenvalue weighted by atomic mass is 10.0. The maximum Gasteiger partial charge on any atom is 0.271 e. The van der Waals surface area contributed by atoms with E-state index in [1.807, 2.05) is 54.6 Å². The van der Waals surface area contributed by atoms with Crippen molar-refractivity contribution in [3.8, 4) is 17.6 Å². The maximum absolute atomic E-state index is 12.3. The number of phenolic OH excluding ortho intramolecular Hbond substituents is 1. The van der Waals surface area contributed by atoms with Gasteiger partial charge in [0.1, 0.15) is 5.75 Å². The van der Waals surface area contributed by atoms with Crippen LogP contribution in [0.5, 0.6) is 5.75 Å². The van der Waals surface area contributed by atoms with Crippen LogP contribution >= 0.6 is 11.6 Å². The third kappa shape index (κ3) is 6.48. The molecule has 0 saturated carbocycles. The number of hydrazone groups is 1. The molecule has 0 spiro atoms. The first-order valence-corrected chi connectivity index (χ1v) is 11.6. The average molecular weight is 482 g/mol. The molecule has 3 N–H and O–H groups in total. The van der Waals surface area contributed by atoms with Crippen molar-refractivity contribution >= 4 is 34.5 Å². The predicted molar refractivity (Wildman–Crippen MR) is 142 cm³/mol. The number of aromatic hydroxyl groups is 1. The second-order valence-corrected chi connectivity index (χ2v) is 8.23. The molecule has 6 heteroatoms. The lowest BCUT2D eigenvalue weighted by Crippen LogP contribution is -2.17. The summed E-state index contributed by atoms with van der Waals surface area (Å²) in [6, 6.07) is 26.5. The van der Waals surface area contributed by atoms with Crippen molar-refractivity contribution in [2.45, 2.75) is 6.42 Å². The van der Waals surface area contributed by atoms with Crippen LogP contribution in [0.3, 0.4) is 0 Å². The second-order valence-electron chi connectivity index (χ2n) is 7.83. The van der Waals surface area contributed by atoms with Crippen LogP contribution in [-0.4, -0.2) is 30.3 Å². The summed E-state index contributed by atoms with van der Waals surface area (Å²) < 4.78 is 0. The van der Waals surface area contributed by atoms with Gasteiger partial charge in [-0.15, -0.1) is 0 Å². The Hall–Kier alpha value is -4.11. The molecule has 0 fully saturated rings. The van der Waals surface area contributed by atoms with Crippen LogP contribution in [0.4, 0.5) is 0 Å². The Bertz CT molecular complexity index is 1420. The number of phenols is 1. The molecule has 174 valence electrons. The van der Waals surface area contributed by atoms with Gasteiger partial charge in [-0.3, -0.25) is 4.79 Å². The fourth-order valence-corrected chi connectivity index (χ4v) is 3.77. The van der Waals surface area contributed by atoms with Gasteiger partial charge >= 0.3 is 0 Å². The van der Waals surface area contributed by atoms with Gasteiger partial charge in [-0.1, -0.05) is 84.1 Å². The molecule has 4 aromatic carbocycles. The Balaban J connectivity index is 1.40. The average Bonchev–Trinajstić information content (AvgIpc) is 2.89. The number of amides is 1. The Labute approximate surface area is 209 Å². The molecular weight excluding hydrogens is 458 g/mol. The van der Waals surface area contributed by atoms with Crippen LogP contribution in [0.25, 0.3) is 10.8 Å². The van der Waals surface area contributed by atoms with Crippen molar-refractivity contribution in [3.63, 3.8) is 0 Å². The highest BCUT2D eigenvalue weighted by molar-refractivity contribution is 6.32. The van der Waals surface area contributed by atoms with Crippen LogP contribution in [0, 0.1) is 11.8 Å². The van der Waals surface area contributed by atoms with Gasteiger partial charge in [0.25, 0.3) is 5.91 Å². The first kappa shape index (κ1) is 24.0. The number of carbonyl (C=O) groups excluding carboxylic acids is 1. The number of carbonyl (C=O) groups is 1. The summed E-state index contributed by atoms with van der Waals surface area (Å²) in [5, 5.41) is 19.1. The summed E-state index contributed by atoms with van der Waals surface area (Å²) >= 11 is 5.87. The molecule has 35 heavy (non-hydrogen) atoms. The van der Waals surface area contributed by atoms with Gasteiger partial charge in [-0.2, -0.15) is 5.10 Å². The zero-order valence-corrected chi connectivity index (χ0v) is 19.7. The Morgan fingerprint density at radius 2 is 1.74 bits per heavy atom. The molecule has 5 nitrogen and oxygen atoms in total. The minimum absolute atomic E-state index is 0.0793. The summed E-state index contributed by atoms with van der Waals surface area (Å²) in [4.78, 5) is 12.3. The van der Waals surface area contributed by atoms with E-state index >= 15 is 0 Å². The largest absolute Gasteiger partial charge is 0.506 e. The molecule has 0 bridgehead atoms. The van der Waals surface area contributed by atoms with Crippen LogP contribution in [0.15, 0.2) is 90.0 Å². The van der Waals surface area contributed by atoms with E-state index in [2.05, 4.69) is 39.8 Å². The van der Waals surface area contributed by atoms with Gasteiger partial charge in [0.2, 0.25) is 0 Å². The van der Waals surface area contributed by atoms with Gasteiger partial charge in [-0.05, 0) is 47.0 Å². The first-order valence-electron chi connectivity index (χ1n) is 11.2. The van der Waals surface area contributed by atoms with Crippen molar-refractivity contribution in [1.82, 2.24) is 10.7 Å². The normalized spacial score (nSPS) is 10.8. The number of hydrogen-bond acceptors (Lipinski definition) is 4. The van der Waals surface area contributed by atoms with E-state index in [-0.39, 0.29) is 10.8 Å². The van der Waals surface area contributed by atoms with E-state index in [4.69, 9.17) is 11.6 Å². The summed E-state index contributed by atoms with van der Waals surface area (Å²) in [5.41, 5.74) is 5.89. The third-order valence-electron chi connectivity index (χ3n) is 5.41. The first-order chi connectivity index (χ1) is 17.1. The number of halogens is 1. The summed E-state index contributed by atoms with van der Waals surface area (Å²) in [7, 11) is 0. The molecule has 0 atom stereocenters. The fourth-order valence-electron chi connectivity index (χ4n) is 3.58. The fraction of sp³-hybridized carbons (Fsp3) is 0.103. The van der Waals surface area contributed by atoms with Crippen LogP contribution in [0.2, 0.25) is 5.02 Å². The molecule has 0 aliphatic carbocycles. The number of nitrogens with zero attached hydrogens (tertiary/aromatic N) is 1. The minimum atomic E-state index is -0.422. The quantitative estimate of drug-likeness (QED) is 0.148. The molecular formula is C29H24ClN3O2. The number of fused-ring (bicyclic) bond motifs is 1. The van der Waals surface area contributed by atoms with Gasteiger partial charge in [0.05, 0.1) is 17.8 Å². The molecule has 4 rings (SSSR count). The zero-order chi connectivity index (χ0) is 24.5. The molecule has 0 saturated heterocycles. The van der Waals surface area contributed by atoms with Gasteiger partial charge < -0.3 is 10.4 Å². The van der Waals surface area contributed by atoms with Crippen molar-refractivity contribution < 1.29 is 9.90 Å². The van der Waals surface area contributed by atoms with Gasteiger partial charge in [0, 0.05) is 23.2 Å². The van der Waals surface area contributed by atoms with E-state index in [9.17, 15) is 9.90 Å². The molecule has 0 unspecified atom stereocenters. The molecule has 0 heterocycles. The van der Waals surface area contributed by atoms with E-state index in [1.54, 1.807) is 6.21 Å². The lowest BCUT2D eigenvalue weighted by Gasteiger charge is -2.05. The summed E-state index contributed by atoms with van der Waals surface area (Å²) in [5.74, 6) is 5.96. The van der Waals surface area contributed by atoms with Gasteiger partial charge in [-0.25, -0.2) is 5.43 Å². The lowest BCUT2D eigenvalue weighted by molar-refractivity contribution is 0.0955. The van der Waals surface area contributed by atoms with Crippen molar-refractivity contribution in [2.24, 2.45) is 5.10 Å². The molecule has 0 aromatic heterocycles. The maximum atomic E-state index is 12.3. The highest BCUT2D eigenvalue weighted by Crippen LogP contribution is 2.24.